The monoisotopic (exact) mass is 587 g/mol. The molecule has 1 aliphatic rings. The molecule has 8 rings (SSSR count). The van der Waals surface area contributed by atoms with Crippen LogP contribution in [0.2, 0.25) is 0 Å². The molecule has 2 heterocycles. The molecule has 44 heavy (non-hydrogen) atoms. The van der Waals surface area contributed by atoms with E-state index in [9.17, 15) is 0 Å². The van der Waals surface area contributed by atoms with Crippen LogP contribution in [0.15, 0.2) is 136 Å². The third-order valence-corrected chi connectivity index (χ3v) is 10.9. The van der Waals surface area contributed by atoms with E-state index in [2.05, 4.69) is 130 Å². The van der Waals surface area contributed by atoms with E-state index in [0.717, 1.165) is 27.6 Å². The number of aromatic nitrogens is 1. The molecule has 0 atom stereocenters. The van der Waals surface area contributed by atoms with Crippen molar-refractivity contribution in [3.8, 4) is 5.69 Å². The predicted molar refractivity (Wildman–Crippen MR) is 188 cm³/mol. The number of para-hydroxylation sites is 2. The Bertz CT molecular complexity index is 2390. The van der Waals surface area contributed by atoms with Gasteiger partial charge in [-0.1, -0.05) is 112 Å². The van der Waals surface area contributed by atoms with Crippen molar-refractivity contribution >= 4 is 61.1 Å². The minimum absolute atomic E-state index is 0.229. The van der Waals surface area contributed by atoms with Gasteiger partial charge in [0.2, 0.25) is 0 Å². The molecule has 3 heteroatoms. The number of rotatable bonds is 5. The molecule has 0 unspecified atom stereocenters. The summed E-state index contributed by atoms with van der Waals surface area (Å²) in [6.45, 7) is 17.5. The summed E-state index contributed by atoms with van der Waals surface area (Å²) in [6.07, 6.45) is 4.01. The minimum atomic E-state index is -0.229. The van der Waals surface area contributed by atoms with Gasteiger partial charge in [0.05, 0.1) is 16.7 Å². The Labute approximate surface area is 262 Å². The van der Waals surface area contributed by atoms with Gasteiger partial charge in [0, 0.05) is 36.8 Å². The first kappa shape index (κ1) is 26.9. The Balaban J connectivity index is 1.52. The van der Waals surface area contributed by atoms with Crippen molar-refractivity contribution in [1.82, 2.24) is 4.57 Å². The number of allylic oxidation sites excluding steroid dienone is 4. The van der Waals surface area contributed by atoms with Crippen molar-refractivity contribution in [2.45, 2.75) is 42.9 Å². The summed E-state index contributed by atoms with van der Waals surface area (Å²) in [6, 6.07) is 32.7. The molecule has 0 N–H and O–H groups in total. The standard InChI is InChI=1S/C41H33NOS/c1-7-26-28-20-22-32-37(38(28)41(5,6)31(26)8-2)30-21-23-36(44-35-19-12-9-14-24(35)3)25(4)39(30)42(32)33-17-13-16-29-27-15-10-11-18-34(27)43-40(29)33/h7-23H,1-2H2,3-6H3. The summed E-state index contributed by atoms with van der Waals surface area (Å²) < 4.78 is 9.08. The third-order valence-electron chi connectivity index (χ3n) is 9.52. The molecule has 7 aromatic rings. The summed E-state index contributed by atoms with van der Waals surface area (Å²) in [5, 5.41) is 4.79. The van der Waals surface area contributed by atoms with Gasteiger partial charge < -0.3 is 8.98 Å². The Morgan fingerprint density at radius 1 is 0.750 bits per heavy atom. The second-order valence-corrected chi connectivity index (χ2v) is 13.4. The molecule has 0 saturated heterocycles. The quantitative estimate of drug-likeness (QED) is 0.199. The van der Waals surface area contributed by atoms with Crippen LogP contribution in [0.5, 0.6) is 0 Å². The van der Waals surface area contributed by atoms with Gasteiger partial charge in [-0.05, 0) is 77.6 Å². The van der Waals surface area contributed by atoms with Crippen molar-refractivity contribution in [3.63, 3.8) is 0 Å². The minimum Gasteiger partial charge on any atom is -0.454 e. The van der Waals surface area contributed by atoms with Crippen LogP contribution in [0, 0.1) is 13.8 Å². The average Bonchev–Trinajstić information content (AvgIpc) is 3.64. The van der Waals surface area contributed by atoms with Crippen LogP contribution >= 0.6 is 11.8 Å². The van der Waals surface area contributed by atoms with Gasteiger partial charge in [0.25, 0.3) is 0 Å². The maximum absolute atomic E-state index is 6.63. The fourth-order valence-electron chi connectivity index (χ4n) is 7.48. The largest absolute Gasteiger partial charge is 0.454 e. The molecule has 2 aromatic heterocycles. The van der Waals surface area contributed by atoms with E-state index in [1.54, 1.807) is 0 Å². The number of nitrogens with zero attached hydrogens (tertiary/aromatic N) is 1. The van der Waals surface area contributed by atoms with E-state index < -0.39 is 0 Å². The first-order valence-electron chi connectivity index (χ1n) is 15.1. The SMILES string of the molecule is C=CC1=C(C=C)C(C)(C)c2c1ccc1c2c2ccc(Sc3ccccc3C)c(C)c2n1-c1cccc2c1oc1ccccc12. The first-order valence-corrected chi connectivity index (χ1v) is 15.9. The number of benzene rings is 5. The van der Waals surface area contributed by atoms with Gasteiger partial charge in [-0.25, -0.2) is 0 Å². The van der Waals surface area contributed by atoms with E-state index >= 15 is 0 Å². The summed E-state index contributed by atoms with van der Waals surface area (Å²) in [4.78, 5) is 2.52. The first-order chi connectivity index (χ1) is 21.3. The molecule has 2 nitrogen and oxygen atoms in total. The van der Waals surface area contributed by atoms with Crippen molar-refractivity contribution in [2.24, 2.45) is 0 Å². The highest BCUT2D eigenvalue weighted by Crippen LogP contribution is 2.53. The molecule has 0 bridgehead atoms. The van der Waals surface area contributed by atoms with Crippen LogP contribution < -0.4 is 0 Å². The van der Waals surface area contributed by atoms with Gasteiger partial charge in [0.1, 0.15) is 5.58 Å². The molecule has 0 fully saturated rings. The van der Waals surface area contributed by atoms with Crippen LogP contribution in [-0.2, 0) is 5.41 Å². The average molecular weight is 588 g/mol. The van der Waals surface area contributed by atoms with E-state index in [0.29, 0.717) is 0 Å². The molecule has 0 saturated carbocycles. The van der Waals surface area contributed by atoms with E-state index in [1.165, 1.54) is 65.0 Å². The van der Waals surface area contributed by atoms with Crippen LogP contribution in [0.1, 0.15) is 36.1 Å². The second-order valence-electron chi connectivity index (χ2n) is 12.3. The fraction of sp³-hybridized carbons (Fsp3) is 0.122. The summed E-state index contributed by atoms with van der Waals surface area (Å²) in [5.74, 6) is 0. The Hall–Kier alpha value is -4.73. The maximum Gasteiger partial charge on any atom is 0.159 e. The normalized spacial score (nSPS) is 14.3. The number of furan rings is 1. The van der Waals surface area contributed by atoms with Crippen molar-refractivity contribution in [2.75, 3.05) is 0 Å². The van der Waals surface area contributed by atoms with Gasteiger partial charge in [0.15, 0.2) is 5.58 Å². The zero-order valence-corrected chi connectivity index (χ0v) is 26.3. The highest BCUT2D eigenvalue weighted by Gasteiger charge is 2.38. The molecule has 0 spiro atoms. The summed E-state index contributed by atoms with van der Waals surface area (Å²) >= 11 is 1.84. The lowest BCUT2D eigenvalue weighted by Crippen LogP contribution is -2.16. The maximum atomic E-state index is 6.63. The third kappa shape index (κ3) is 3.57. The van der Waals surface area contributed by atoms with Crippen LogP contribution in [0.3, 0.4) is 0 Å². The Kier molecular flexibility index (Phi) is 5.88. The molecule has 214 valence electrons. The van der Waals surface area contributed by atoms with Gasteiger partial charge >= 0.3 is 0 Å². The lowest BCUT2D eigenvalue weighted by molar-refractivity contribution is 0.661. The van der Waals surface area contributed by atoms with Crippen molar-refractivity contribution in [1.29, 1.82) is 0 Å². The van der Waals surface area contributed by atoms with Gasteiger partial charge in [-0.15, -0.1) is 0 Å². The highest BCUT2D eigenvalue weighted by molar-refractivity contribution is 7.99. The topological polar surface area (TPSA) is 18.1 Å². The van der Waals surface area contributed by atoms with E-state index in [1.807, 2.05) is 30.0 Å². The number of aryl methyl sites for hydroxylation is 2. The van der Waals surface area contributed by atoms with Crippen molar-refractivity contribution < 1.29 is 4.42 Å². The second kappa shape index (κ2) is 9.64. The molecule has 0 aliphatic heterocycles. The van der Waals surface area contributed by atoms with Gasteiger partial charge in [-0.3, -0.25) is 0 Å². The summed E-state index contributed by atoms with van der Waals surface area (Å²) in [7, 11) is 0. The van der Waals surface area contributed by atoms with E-state index in [4.69, 9.17) is 4.42 Å². The van der Waals surface area contributed by atoms with Gasteiger partial charge in [-0.2, -0.15) is 0 Å². The molecule has 5 aromatic carbocycles. The van der Waals surface area contributed by atoms with Crippen LogP contribution in [0.25, 0.3) is 55.0 Å². The molecular formula is C41H33NOS. The highest BCUT2D eigenvalue weighted by atomic mass is 32.2. The number of fused-ring (bicyclic) bond motifs is 8. The zero-order chi connectivity index (χ0) is 30.3. The Morgan fingerprint density at radius 3 is 2.32 bits per heavy atom. The lowest BCUT2D eigenvalue weighted by Gasteiger charge is -2.24. The number of hydrogen-bond acceptors (Lipinski definition) is 2. The summed E-state index contributed by atoms with van der Waals surface area (Å²) in [5.41, 5.74) is 12.5. The fourth-order valence-corrected chi connectivity index (χ4v) is 8.47. The molecule has 0 radical (unpaired) electrons. The molecule has 0 amide bonds. The van der Waals surface area contributed by atoms with Crippen LogP contribution in [0.4, 0.5) is 0 Å². The lowest BCUT2D eigenvalue weighted by atomic mass is 9.79. The smallest absolute Gasteiger partial charge is 0.159 e. The van der Waals surface area contributed by atoms with E-state index in [-0.39, 0.29) is 5.41 Å². The number of hydrogen-bond donors (Lipinski definition) is 0. The zero-order valence-electron chi connectivity index (χ0n) is 25.5. The predicted octanol–water partition coefficient (Wildman–Crippen LogP) is 11.9. The molecule has 1 aliphatic carbocycles. The van der Waals surface area contributed by atoms with Crippen LogP contribution in [-0.4, -0.2) is 4.57 Å². The Morgan fingerprint density at radius 2 is 1.52 bits per heavy atom. The molecular weight excluding hydrogens is 555 g/mol. The van der Waals surface area contributed by atoms with Crippen molar-refractivity contribution in [3.05, 3.63) is 144 Å².